The van der Waals surface area contributed by atoms with Gasteiger partial charge in [-0.3, -0.25) is 4.90 Å². The van der Waals surface area contributed by atoms with Crippen molar-refractivity contribution in [2.24, 2.45) is 0 Å². The maximum Gasteiger partial charge on any atom is 0.336 e. The zero-order chi connectivity index (χ0) is 23.1. The van der Waals surface area contributed by atoms with Gasteiger partial charge in [0.05, 0.1) is 21.8 Å². The molecular formula is C26H20Cl2N2O3. The van der Waals surface area contributed by atoms with Gasteiger partial charge < -0.3 is 9.52 Å². The van der Waals surface area contributed by atoms with E-state index in [1.807, 2.05) is 42.5 Å². The Balaban J connectivity index is 1.65. The SMILES string of the molecule is CCN1CC(=Cc2ccc(-c3cc(Cl)ccc3Cl)o2)c2nc3ccccc3c(C(=O)O)c2C1. The summed E-state index contributed by atoms with van der Waals surface area (Å²) in [5.74, 6) is 0.292. The lowest BCUT2D eigenvalue weighted by Gasteiger charge is -2.30. The fourth-order valence-electron chi connectivity index (χ4n) is 4.28. The van der Waals surface area contributed by atoms with Crippen LogP contribution >= 0.6 is 23.2 Å². The normalized spacial score (nSPS) is 15.2. The third-order valence-electron chi connectivity index (χ3n) is 5.87. The summed E-state index contributed by atoms with van der Waals surface area (Å²) in [6.45, 7) is 4.01. The summed E-state index contributed by atoms with van der Waals surface area (Å²) in [7, 11) is 0. The first-order valence-electron chi connectivity index (χ1n) is 10.6. The minimum absolute atomic E-state index is 0.311. The van der Waals surface area contributed by atoms with Crippen LogP contribution in [0.5, 0.6) is 0 Å². The summed E-state index contributed by atoms with van der Waals surface area (Å²) in [6.07, 6.45) is 1.93. The number of aromatic carboxylic acids is 1. The van der Waals surface area contributed by atoms with E-state index in [4.69, 9.17) is 32.6 Å². The van der Waals surface area contributed by atoms with E-state index >= 15 is 0 Å². The average molecular weight is 479 g/mol. The van der Waals surface area contributed by atoms with Crippen molar-refractivity contribution in [3.63, 3.8) is 0 Å². The van der Waals surface area contributed by atoms with Gasteiger partial charge in [-0.05, 0) is 54.6 Å². The predicted molar refractivity (Wildman–Crippen MR) is 132 cm³/mol. The average Bonchev–Trinajstić information content (AvgIpc) is 3.27. The third kappa shape index (κ3) is 4.04. The molecule has 0 radical (unpaired) electrons. The van der Waals surface area contributed by atoms with Crippen molar-refractivity contribution >= 4 is 51.7 Å². The monoisotopic (exact) mass is 478 g/mol. The van der Waals surface area contributed by atoms with Crippen molar-refractivity contribution in [1.82, 2.24) is 9.88 Å². The van der Waals surface area contributed by atoms with Crippen LogP contribution in [0.15, 0.2) is 59.0 Å². The second kappa shape index (κ2) is 8.67. The number of halogens is 2. The molecule has 4 aromatic rings. The smallest absolute Gasteiger partial charge is 0.336 e. The zero-order valence-corrected chi connectivity index (χ0v) is 19.3. The molecule has 0 saturated heterocycles. The summed E-state index contributed by atoms with van der Waals surface area (Å²) in [5, 5.41) is 11.8. The van der Waals surface area contributed by atoms with Crippen molar-refractivity contribution in [3.05, 3.63) is 87.2 Å². The number of carboxylic acid groups (broad SMARTS) is 1. The summed E-state index contributed by atoms with van der Waals surface area (Å²) in [6, 6.07) is 16.3. The Morgan fingerprint density at radius 3 is 2.76 bits per heavy atom. The predicted octanol–water partition coefficient (Wildman–Crippen LogP) is 6.88. The summed E-state index contributed by atoms with van der Waals surface area (Å²) in [4.78, 5) is 19.3. The molecule has 0 spiro atoms. The van der Waals surface area contributed by atoms with E-state index in [1.165, 1.54) is 0 Å². The molecule has 0 unspecified atom stereocenters. The van der Waals surface area contributed by atoms with Crippen molar-refractivity contribution in [2.45, 2.75) is 13.5 Å². The number of hydrogen-bond donors (Lipinski definition) is 1. The molecule has 0 bridgehead atoms. The van der Waals surface area contributed by atoms with E-state index in [0.29, 0.717) is 62.4 Å². The van der Waals surface area contributed by atoms with Gasteiger partial charge in [0.1, 0.15) is 11.5 Å². The van der Waals surface area contributed by atoms with Gasteiger partial charge in [-0.15, -0.1) is 0 Å². The van der Waals surface area contributed by atoms with Gasteiger partial charge in [0, 0.05) is 34.6 Å². The fraction of sp³-hybridized carbons (Fsp3) is 0.154. The maximum atomic E-state index is 12.3. The van der Waals surface area contributed by atoms with Crippen LogP contribution in [0, 0.1) is 0 Å². The number of carbonyl (C=O) groups is 1. The van der Waals surface area contributed by atoms with E-state index in [9.17, 15) is 9.90 Å². The van der Waals surface area contributed by atoms with Gasteiger partial charge in [0.2, 0.25) is 0 Å². The number of carboxylic acids is 1. The summed E-state index contributed by atoms with van der Waals surface area (Å²) < 4.78 is 6.08. The minimum Gasteiger partial charge on any atom is -0.478 e. The van der Waals surface area contributed by atoms with Gasteiger partial charge in [-0.25, -0.2) is 9.78 Å². The molecule has 0 atom stereocenters. The molecule has 1 aliphatic rings. The third-order valence-corrected chi connectivity index (χ3v) is 6.44. The van der Waals surface area contributed by atoms with Gasteiger partial charge in [-0.1, -0.05) is 48.3 Å². The number of furan rings is 1. The zero-order valence-electron chi connectivity index (χ0n) is 17.8. The Morgan fingerprint density at radius 1 is 1.15 bits per heavy atom. The fourth-order valence-corrected chi connectivity index (χ4v) is 4.66. The first kappa shape index (κ1) is 21.7. The number of para-hydroxylation sites is 1. The Kier molecular flexibility index (Phi) is 5.71. The molecule has 1 aliphatic heterocycles. The van der Waals surface area contributed by atoms with Crippen LogP contribution in [-0.4, -0.2) is 34.0 Å². The van der Waals surface area contributed by atoms with Crippen molar-refractivity contribution in [1.29, 1.82) is 0 Å². The topological polar surface area (TPSA) is 66.6 Å². The second-order valence-corrected chi connectivity index (χ2v) is 8.78. The van der Waals surface area contributed by atoms with Gasteiger partial charge in [0.15, 0.2) is 0 Å². The Hall–Kier alpha value is -3.12. The standard InChI is InChI=1S/C26H20Cl2N2O3/c1-2-30-13-15(11-17-8-10-23(33-17)19-12-16(27)7-9-21(19)28)25-20(14-30)24(26(31)32)18-5-3-4-6-22(18)29-25/h3-12H,2,13-14H2,1H3,(H,31,32). The molecular weight excluding hydrogens is 459 g/mol. The van der Waals surface area contributed by atoms with Crippen LogP contribution in [-0.2, 0) is 6.54 Å². The number of likely N-dealkylation sites (N-methyl/N-ethyl adjacent to an activating group) is 1. The Bertz CT molecular complexity index is 1420. The highest BCUT2D eigenvalue weighted by atomic mass is 35.5. The number of nitrogens with zero attached hydrogens (tertiary/aromatic N) is 2. The molecule has 2 aromatic carbocycles. The molecule has 166 valence electrons. The van der Waals surface area contributed by atoms with Crippen LogP contribution < -0.4 is 0 Å². The first-order valence-corrected chi connectivity index (χ1v) is 11.3. The van der Waals surface area contributed by atoms with E-state index < -0.39 is 5.97 Å². The largest absolute Gasteiger partial charge is 0.478 e. The molecule has 33 heavy (non-hydrogen) atoms. The highest BCUT2D eigenvalue weighted by Gasteiger charge is 2.28. The first-order chi connectivity index (χ1) is 15.9. The Morgan fingerprint density at radius 2 is 1.97 bits per heavy atom. The lowest BCUT2D eigenvalue weighted by atomic mass is 9.92. The van der Waals surface area contributed by atoms with E-state index in [2.05, 4.69) is 11.8 Å². The lowest BCUT2D eigenvalue weighted by Crippen LogP contribution is -2.31. The second-order valence-electron chi connectivity index (χ2n) is 7.94. The van der Waals surface area contributed by atoms with Gasteiger partial charge in [0.25, 0.3) is 0 Å². The molecule has 5 rings (SSSR count). The quantitative estimate of drug-likeness (QED) is 0.346. The molecule has 0 saturated carbocycles. The molecule has 0 aliphatic carbocycles. The molecule has 0 fully saturated rings. The number of fused-ring (bicyclic) bond motifs is 2. The molecule has 7 heteroatoms. The summed E-state index contributed by atoms with van der Waals surface area (Å²) in [5.41, 5.74) is 4.02. The van der Waals surface area contributed by atoms with Crippen LogP contribution in [0.2, 0.25) is 10.0 Å². The van der Waals surface area contributed by atoms with Crippen molar-refractivity contribution < 1.29 is 14.3 Å². The van der Waals surface area contributed by atoms with E-state index in [1.54, 1.807) is 18.2 Å². The van der Waals surface area contributed by atoms with Crippen molar-refractivity contribution in [3.8, 4) is 11.3 Å². The van der Waals surface area contributed by atoms with E-state index in [-0.39, 0.29) is 0 Å². The number of rotatable bonds is 4. The lowest BCUT2D eigenvalue weighted by molar-refractivity contribution is 0.0696. The van der Waals surface area contributed by atoms with Gasteiger partial charge >= 0.3 is 5.97 Å². The molecule has 1 N–H and O–H groups in total. The molecule has 2 aromatic heterocycles. The summed E-state index contributed by atoms with van der Waals surface area (Å²) >= 11 is 12.5. The Labute approximate surface area is 200 Å². The molecule has 0 amide bonds. The van der Waals surface area contributed by atoms with E-state index in [0.717, 1.165) is 17.7 Å². The number of aromatic nitrogens is 1. The maximum absolute atomic E-state index is 12.3. The minimum atomic E-state index is -0.946. The highest BCUT2D eigenvalue weighted by Crippen LogP contribution is 2.36. The molecule has 3 heterocycles. The molecule has 5 nitrogen and oxygen atoms in total. The van der Waals surface area contributed by atoms with Crippen LogP contribution in [0.25, 0.3) is 33.9 Å². The number of hydrogen-bond acceptors (Lipinski definition) is 4. The number of pyridine rings is 1. The van der Waals surface area contributed by atoms with Crippen molar-refractivity contribution in [2.75, 3.05) is 13.1 Å². The highest BCUT2D eigenvalue weighted by molar-refractivity contribution is 6.35. The van der Waals surface area contributed by atoms with Gasteiger partial charge in [-0.2, -0.15) is 0 Å². The van der Waals surface area contributed by atoms with Crippen LogP contribution in [0.3, 0.4) is 0 Å². The number of benzene rings is 2. The van der Waals surface area contributed by atoms with Crippen LogP contribution in [0.4, 0.5) is 0 Å². The van der Waals surface area contributed by atoms with Crippen LogP contribution in [0.1, 0.15) is 34.3 Å².